The molecule has 0 unspecified atom stereocenters. The molecule has 2 rings (SSSR count). The van der Waals surface area contributed by atoms with Gasteiger partial charge in [0, 0.05) is 31.1 Å². The second-order valence-electron chi connectivity index (χ2n) is 5.40. The summed E-state index contributed by atoms with van der Waals surface area (Å²) in [5, 5.41) is 11.4. The van der Waals surface area contributed by atoms with Crippen LogP contribution in [0.2, 0.25) is 0 Å². The Hall–Kier alpha value is -1.88. The average molecular weight is 290 g/mol. The van der Waals surface area contributed by atoms with Gasteiger partial charge in [-0.05, 0) is 31.4 Å². The van der Waals surface area contributed by atoms with Crippen molar-refractivity contribution < 1.29 is 14.7 Å². The molecule has 5 nitrogen and oxygen atoms in total. The second-order valence-corrected chi connectivity index (χ2v) is 5.40. The zero-order valence-electron chi connectivity index (χ0n) is 12.3. The van der Waals surface area contributed by atoms with Gasteiger partial charge in [-0.1, -0.05) is 18.2 Å². The molecule has 114 valence electrons. The number of piperidine rings is 1. The molecule has 2 amide bonds. The molecule has 2 N–H and O–H groups in total. The number of aliphatic hydroxyl groups is 1. The van der Waals surface area contributed by atoms with Gasteiger partial charge >= 0.3 is 0 Å². The summed E-state index contributed by atoms with van der Waals surface area (Å²) < 4.78 is 0. The Morgan fingerprint density at radius 1 is 1.29 bits per heavy atom. The van der Waals surface area contributed by atoms with Crippen molar-refractivity contribution in [1.29, 1.82) is 0 Å². The van der Waals surface area contributed by atoms with Crippen molar-refractivity contribution in [2.75, 3.05) is 26.2 Å². The van der Waals surface area contributed by atoms with Gasteiger partial charge < -0.3 is 15.3 Å². The summed E-state index contributed by atoms with van der Waals surface area (Å²) in [6.45, 7) is 3.38. The van der Waals surface area contributed by atoms with Crippen molar-refractivity contribution in [3.05, 3.63) is 35.4 Å². The molecule has 0 saturated carbocycles. The number of amides is 2. The van der Waals surface area contributed by atoms with E-state index in [1.165, 1.54) is 0 Å². The third-order valence-corrected chi connectivity index (χ3v) is 3.94. The fourth-order valence-electron chi connectivity index (χ4n) is 2.65. The molecule has 5 heteroatoms. The number of nitrogens with zero attached hydrogens (tertiary/aromatic N) is 1. The fraction of sp³-hybridized carbons (Fsp3) is 0.500. The zero-order chi connectivity index (χ0) is 15.2. The first-order valence-electron chi connectivity index (χ1n) is 7.37. The topological polar surface area (TPSA) is 69.6 Å². The normalized spacial score (nSPS) is 15.8. The molecule has 0 radical (unpaired) electrons. The number of likely N-dealkylation sites (tertiary alicyclic amines) is 1. The number of rotatable bonds is 4. The number of carbonyl (C=O) groups excluding carboxylic acids is 2. The SMILES string of the molecule is Cc1ccccc1C(=O)N1CCC(C(=O)NCCO)CC1. The highest BCUT2D eigenvalue weighted by Crippen LogP contribution is 2.20. The minimum atomic E-state index is -0.0579. The maximum absolute atomic E-state index is 12.5. The number of carbonyl (C=O) groups is 2. The number of aryl methyl sites for hydroxylation is 1. The summed E-state index contributed by atoms with van der Waals surface area (Å²) in [4.78, 5) is 26.1. The number of nitrogens with one attached hydrogen (secondary N) is 1. The van der Waals surface area contributed by atoms with Crippen molar-refractivity contribution in [3.8, 4) is 0 Å². The summed E-state index contributed by atoms with van der Waals surface area (Å²) in [6, 6.07) is 7.57. The maximum Gasteiger partial charge on any atom is 0.254 e. The van der Waals surface area contributed by atoms with Gasteiger partial charge in [0.2, 0.25) is 5.91 Å². The van der Waals surface area contributed by atoms with Crippen LogP contribution in [-0.2, 0) is 4.79 Å². The van der Waals surface area contributed by atoms with Crippen LogP contribution < -0.4 is 5.32 Å². The highest BCUT2D eigenvalue weighted by Gasteiger charge is 2.27. The molecular formula is C16H22N2O3. The minimum Gasteiger partial charge on any atom is -0.395 e. The maximum atomic E-state index is 12.5. The van der Waals surface area contributed by atoms with Crippen LogP contribution in [-0.4, -0.2) is 48.1 Å². The van der Waals surface area contributed by atoms with E-state index >= 15 is 0 Å². The Bertz CT molecular complexity index is 508. The standard InChI is InChI=1S/C16H22N2O3/c1-12-4-2-3-5-14(12)16(21)18-9-6-13(7-10-18)15(20)17-8-11-19/h2-5,13,19H,6-11H2,1H3,(H,17,20). The van der Waals surface area contributed by atoms with Gasteiger partial charge in [-0.15, -0.1) is 0 Å². The van der Waals surface area contributed by atoms with E-state index in [2.05, 4.69) is 5.32 Å². The molecule has 1 aromatic rings. The Labute approximate surface area is 125 Å². The third-order valence-electron chi connectivity index (χ3n) is 3.94. The summed E-state index contributed by atoms with van der Waals surface area (Å²) in [5.41, 5.74) is 1.71. The lowest BCUT2D eigenvalue weighted by atomic mass is 9.95. The van der Waals surface area contributed by atoms with Crippen LogP contribution in [0.25, 0.3) is 0 Å². The Morgan fingerprint density at radius 3 is 2.57 bits per heavy atom. The van der Waals surface area contributed by atoms with Crippen LogP contribution in [0.4, 0.5) is 0 Å². The van der Waals surface area contributed by atoms with Crippen molar-refractivity contribution in [1.82, 2.24) is 10.2 Å². The van der Waals surface area contributed by atoms with Gasteiger partial charge in [-0.3, -0.25) is 9.59 Å². The lowest BCUT2D eigenvalue weighted by Gasteiger charge is -2.31. The van der Waals surface area contributed by atoms with Crippen LogP contribution in [0.5, 0.6) is 0 Å². The molecule has 0 spiro atoms. The van der Waals surface area contributed by atoms with Gasteiger partial charge in [0.05, 0.1) is 6.61 Å². The average Bonchev–Trinajstić information content (AvgIpc) is 2.52. The van der Waals surface area contributed by atoms with E-state index in [-0.39, 0.29) is 24.3 Å². The van der Waals surface area contributed by atoms with E-state index < -0.39 is 0 Å². The molecular weight excluding hydrogens is 268 g/mol. The van der Waals surface area contributed by atoms with Crippen molar-refractivity contribution >= 4 is 11.8 Å². The summed E-state index contributed by atoms with van der Waals surface area (Å²) in [7, 11) is 0. The molecule has 0 aliphatic carbocycles. The van der Waals surface area contributed by atoms with E-state index in [1.807, 2.05) is 36.1 Å². The molecule has 1 fully saturated rings. The van der Waals surface area contributed by atoms with Gasteiger partial charge in [0.15, 0.2) is 0 Å². The molecule has 1 saturated heterocycles. The molecule has 1 aromatic carbocycles. The lowest BCUT2D eigenvalue weighted by Crippen LogP contribution is -2.43. The van der Waals surface area contributed by atoms with E-state index in [9.17, 15) is 9.59 Å². The monoisotopic (exact) mass is 290 g/mol. The molecule has 1 aliphatic rings. The smallest absolute Gasteiger partial charge is 0.254 e. The summed E-state index contributed by atoms with van der Waals surface area (Å²) in [5.74, 6) is -0.0353. The molecule has 0 bridgehead atoms. The van der Waals surface area contributed by atoms with Crippen LogP contribution in [0.1, 0.15) is 28.8 Å². The number of hydrogen-bond donors (Lipinski definition) is 2. The van der Waals surface area contributed by atoms with E-state index in [0.29, 0.717) is 32.5 Å². The van der Waals surface area contributed by atoms with Gasteiger partial charge in [0.25, 0.3) is 5.91 Å². The van der Waals surface area contributed by atoms with Crippen LogP contribution in [0.15, 0.2) is 24.3 Å². The second kappa shape index (κ2) is 7.22. The molecule has 0 atom stereocenters. The Kier molecular flexibility index (Phi) is 5.33. The third kappa shape index (κ3) is 3.82. The molecule has 21 heavy (non-hydrogen) atoms. The van der Waals surface area contributed by atoms with E-state index in [0.717, 1.165) is 11.1 Å². The summed E-state index contributed by atoms with van der Waals surface area (Å²) >= 11 is 0. The quantitative estimate of drug-likeness (QED) is 0.867. The summed E-state index contributed by atoms with van der Waals surface area (Å²) in [6.07, 6.45) is 1.35. The number of hydrogen-bond acceptors (Lipinski definition) is 3. The van der Waals surface area contributed by atoms with Crippen LogP contribution in [0, 0.1) is 12.8 Å². The predicted molar refractivity (Wildman–Crippen MR) is 79.9 cm³/mol. The van der Waals surface area contributed by atoms with Crippen molar-refractivity contribution in [3.63, 3.8) is 0 Å². The number of benzene rings is 1. The first kappa shape index (κ1) is 15.5. The molecule has 0 aromatic heterocycles. The first-order chi connectivity index (χ1) is 10.1. The first-order valence-corrected chi connectivity index (χ1v) is 7.37. The van der Waals surface area contributed by atoms with Gasteiger partial charge in [-0.25, -0.2) is 0 Å². The van der Waals surface area contributed by atoms with Crippen molar-refractivity contribution in [2.45, 2.75) is 19.8 Å². The zero-order valence-corrected chi connectivity index (χ0v) is 12.3. The van der Waals surface area contributed by atoms with Crippen molar-refractivity contribution in [2.24, 2.45) is 5.92 Å². The lowest BCUT2D eigenvalue weighted by molar-refractivity contribution is -0.126. The number of aliphatic hydroxyl groups excluding tert-OH is 1. The molecule has 1 aliphatic heterocycles. The van der Waals surface area contributed by atoms with E-state index in [4.69, 9.17) is 5.11 Å². The Morgan fingerprint density at radius 2 is 1.95 bits per heavy atom. The molecule has 1 heterocycles. The van der Waals surface area contributed by atoms with E-state index in [1.54, 1.807) is 0 Å². The largest absolute Gasteiger partial charge is 0.395 e. The fourth-order valence-corrected chi connectivity index (χ4v) is 2.65. The highest BCUT2D eigenvalue weighted by atomic mass is 16.3. The Balaban J connectivity index is 1.91. The minimum absolute atomic E-state index is 0.0213. The van der Waals surface area contributed by atoms with Crippen LogP contribution >= 0.6 is 0 Å². The van der Waals surface area contributed by atoms with Gasteiger partial charge in [-0.2, -0.15) is 0 Å². The van der Waals surface area contributed by atoms with Gasteiger partial charge in [0.1, 0.15) is 0 Å². The van der Waals surface area contributed by atoms with Crippen LogP contribution in [0.3, 0.4) is 0 Å². The predicted octanol–water partition coefficient (Wildman–Crippen LogP) is 0.956. The highest BCUT2D eigenvalue weighted by molar-refractivity contribution is 5.95.